The molecule has 2 aromatic heterocycles. The van der Waals surface area contributed by atoms with Crippen molar-refractivity contribution in [3.8, 4) is 0 Å². The highest BCUT2D eigenvalue weighted by atomic mass is 19.4. The highest BCUT2D eigenvalue weighted by Gasteiger charge is 2.33. The molecule has 8 heteroatoms. The number of carbonyl (C=O) groups is 1. The van der Waals surface area contributed by atoms with E-state index in [2.05, 4.69) is 4.98 Å². The largest absolute Gasteiger partial charge is 0.466 e. The van der Waals surface area contributed by atoms with Crippen molar-refractivity contribution in [1.82, 2.24) is 4.90 Å². The predicted molar refractivity (Wildman–Crippen MR) is 84.3 cm³/mol. The lowest BCUT2D eigenvalue weighted by Gasteiger charge is -2.30. The molecule has 3 rings (SSSR count). The molecule has 0 aromatic carbocycles. The van der Waals surface area contributed by atoms with E-state index < -0.39 is 11.7 Å². The minimum Gasteiger partial charge on any atom is -0.466 e. The van der Waals surface area contributed by atoms with Gasteiger partial charge < -0.3 is 9.32 Å². The number of nitrogens with zero attached hydrogens (tertiary/aromatic N) is 2. The Kier molecular flexibility index (Phi) is 4.45. The number of nitrogens with one attached hydrogen (secondary N) is 1. The third-order valence-corrected chi connectivity index (χ3v) is 4.30. The van der Waals surface area contributed by atoms with E-state index in [-0.39, 0.29) is 5.91 Å². The van der Waals surface area contributed by atoms with E-state index in [4.69, 9.17) is 4.42 Å². The van der Waals surface area contributed by atoms with E-state index >= 15 is 0 Å². The van der Waals surface area contributed by atoms with E-state index in [1.807, 2.05) is 4.90 Å². The van der Waals surface area contributed by atoms with E-state index in [1.54, 1.807) is 24.8 Å². The molecule has 1 fully saturated rings. The molecule has 3 heterocycles. The van der Waals surface area contributed by atoms with Crippen molar-refractivity contribution >= 4 is 11.7 Å². The van der Waals surface area contributed by atoms with Gasteiger partial charge in [0.25, 0.3) is 11.7 Å². The van der Waals surface area contributed by atoms with Crippen LogP contribution in [-0.2, 0) is 6.18 Å². The Bertz CT molecular complexity index is 760. The van der Waals surface area contributed by atoms with Crippen LogP contribution in [0.5, 0.6) is 0 Å². The molecular weight excluding hydrogens is 335 g/mol. The van der Waals surface area contributed by atoms with Gasteiger partial charge in [-0.05, 0) is 26.0 Å². The summed E-state index contributed by atoms with van der Waals surface area (Å²) in [6, 6.07) is 4.21. The van der Waals surface area contributed by atoms with Crippen LogP contribution in [0.3, 0.4) is 0 Å². The first-order chi connectivity index (χ1) is 11.8. The van der Waals surface area contributed by atoms with Crippen LogP contribution in [0.1, 0.15) is 27.4 Å². The highest BCUT2D eigenvalue weighted by molar-refractivity contribution is 5.95. The molecule has 0 saturated carbocycles. The summed E-state index contributed by atoms with van der Waals surface area (Å²) >= 11 is 0. The monoisotopic (exact) mass is 354 g/mol. The number of aryl methyl sites for hydroxylation is 2. The normalized spacial score (nSPS) is 15.6. The van der Waals surface area contributed by atoms with Crippen molar-refractivity contribution in [3.63, 3.8) is 0 Å². The zero-order chi connectivity index (χ0) is 18.2. The molecule has 0 radical (unpaired) electrons. The van der Waals surface area contributed by atoms with Gasteiger partial charge in [0.1, 0.15) is 30.8 Å². The average Bonchev–Trinajstić information content (AvgIpc) is 2.92. The molecule has 1 aliphatic heterocycles. The number of alkyl halides is 3. The van der Waals surface area contributed by atoms with E-state index in [0.29, 0.717) is 49.1 Å². The number of hydrogen-bond donors (Lipinski definition) is 0. The molecule has 0 bridgehead atoms. The summed E-state index contributed by atoms with van der Waals surface area (Å²) in [5.74, 6) is 1.82. The Balaban J connectivity index is 1.64. The summed E-state index contributed by atoms with van der Waals surface area (Å²) in [4.78, 5) is 18.9. The highest BCUT2D eigenvalue weighted by Crippen LogP contribution is 2.28. The van der Waals surface area contributed by atoms with Crippen molar-refractivity contribution in [2.24, 2.45) is 0 Å². The van der Waals surface area contributed by atoms with Crippen molar-refractivity contribution in [2.75, 3.05) is 31.1 Å². The Morgan fingerprint density at radius 2 is 1.84 bits per heavy atom. The smallest absolute Gasteiger partial charge is 0.419 e. The number of hydrogen-bond acceptors (Lipinski definition) is 3. The number of halogens is 3. The molecule has 134 valence electrons. The Morgan fingerprint density at radius 1 is 1.16 bits per heavy atom. The number of H-pyrrole nitrogens is 1. The second kappa shape index (κ2) is 6.42. The molecule has 2 aromatic rings. The number of pyridine rings is 1. The molecule has 0 atom stereocenters. The van der Waals surface area contributed by atoms with Crippen LogP contribution in [-0.4, -0.2) is 37.0 Å². The number of furan rings is 1. The third-order valence-electron chi connectivity index (χ3n) is 4.30. The number of aromatic nitrogens is 1. The van der Waals surface area contributed by atoms with Gasteiger partial charge >= 0.3 is 6.18 Å². The molecule has 0 aliphatic carbocycles. The van der Waals surface area contributed by atoms with Crippen LogP contribution < -0.4 is 9.88 Å². The van der Waals surface area contributed by atoms with Gasteiger partial charge in [0.05, 0.1) is 24.2 Å². The van der Waals surface area contributed by atoms with Gasteiger partial charge in [0.2, 0.25) is 0 Å². The maximum Gasteiger partial charge on any atom is 0.419 e. The molecule has 1 saturated heterocycles. The van der Waals surface area contributed by atoms with Gasteiger partial charge in [-0.1, -0.05) is 0 Å². The first-order valence-corrected chi connectivity index (χ1v) is 7.96. The Hall–Kier alpha value is -2.51. The maximum absolute atomic E-state index is 12.6. The number of aromatic amines is 1. The second-order valence-corrected chi connectivity index (χ2v) is 6.07. The van der Waals surface area contributed by atoms with Crippen LogP contribution >= 0.6 is 0 Å². The van der Waals surface area contributed by atoms with Gasteiger partial charge in [0.15, 0.2) is 0 Å². The van der Waals surface area contributed by atoms with Crippen molar-refractivity contribution < 1.29 is 27.4 Å². The van der Waals surface area contributed by atoms with E-state index in [9.17, 15) is 18.0 Å². The Labute approximate surface area is 143 Å². The molecule has 0 unspecified atom stereocenters. The number of carbonyl (C=O) groups excluding carboxylic acids is 1. The SMILES string of the molecule is Cc1cc(C(=O)N2CCN(c3ccc(C(F)(F)F)c[nH+]3)CC2)c(C)o1. The molecule has 0 spiro atoms. The van der Waals surface area contributed by atoms with Crippen molar-refractivity contribution in [2.45, 2.75) is 20.0 Å². The quantitative estimate of drug-likeness (QED) is 0.833. The minimum absolute atomic E-state index is 0.0783. The lowest BCUT2D eigenvalue weighted by molar-refractivity contribution is -0.367. The average molecular weight is 354 g/mol. The molecular formula is C17H19F3N3O2+. The summed E-state index contributed by atoms with van der Waals surface area (Å²) < 4.78 is 43.2. The first kappa shape index (κ1) is 17.3. The van der Waals surface area contributed by atoms with Crippen LogP contribution in [0.2, 0.25) is 0 Å². The van der Waals surface area contributed by atoms with E-state index in [0.717, 1.165) is 12.3 Å². The topological polar surface area (TPSA) is 50.8 Å². The standard InChI is InChI=1S/C17H18F3N3O2/c1-11-9-14(12(2)25-11)16(24)23-7-5-22(6-8-23)15-4-3-13(10-21-15)17(18,19)20/h3-4,9-10H,5-8H2,1-2H3/p+1. The summed E-state index contributed by atoms with van der Waals surface area (Å²) in [5.41, 5.74) is -0.150. The fraction of sp³-hybridized carbons (Fsp3) is 0.412. The van der Waals surface area contributed by atoms with Crippen LogP contribution in [0.25, 0.3) is 0 Å². The summed E-state index contributed by atoms with van der Waals surface area (Å²) in [6.45, 7) is 5.64. The fourth-order valence-electron chi connectivity index (χ4n) is 2.95. The first-order valence-electron chi connectivity index (χ1n) is 7.96. The van der Waals surface area contributed by atoms with Crippen molar-refractivity contribution in [3.05, 3.63) is 47.0 Å². The van der Waals surface area contributed by atoms with Gasteiger partial charge in [-0.25, -0.2) is 4.98 Å². The number of piperazine rings is 1. The van der Waals surface area contributed by atoms with Crippen molar-refractivity contribution in [1.29, 1.82) is 0 Å². The number of anilines is 1. The predicted octanol–water partition coefficient (Wildman–Crippen LogP) is 2.69. The van der Waals surface area contributed by atoms with Gasteiger partial charge in [0, 0.05) is 6.07 Å². The van der Waals surface area contributed by atoms with Crippen LogP contribution in [0.15, 0.2) is 28.8 Å². The maximum atomic E-state index is 12.6. The van der Waals surface area contributed by atoms with Gasteiger partial charge in [-0.2, -0.15) is 13.2 Å². The molecule has 1 aliphatic rings. The summed E-state index contributed by atoms with van der Waals surface area (Å²) in [6.07, 6.45) is -3.40. The summed E-state index contributed by atoms with van der Waals surface area (Å²) in [5, 5.41) is 0. The molecule has 5 nitrogen and oxygen atoms in total. The lowest BCUT2D eigenvalue weighted by atomic mass is 10.2. The molecule has 25 heavy (non-hydrogen) atoms. The molecule has 1 N–H and O–H groups in total. The Morgan fingerprint density at radius 3 is 2.32 bits per heavy atom. The third kappa shape index (κ3) is 3.62. The summed E-state index contributed by atoms with van der Waals surface area (Å²) in [7, 11) is 0. The van der Waals surface area contributed by atoms with E-state index in [1.165, 1.54) is 6.07 Å². The van der Waals surface area contributed by atoms with Gasteiger partial charge in [-0.15, -0.1) is 0 Å². The minimum atomic E-state index is -4.36. The van der Waals surface area contributed by atoms with Gasteiger partial charge in [-0.3, -0.25) is 9.69 Å². The number of amides is 1. The second-order valence-electron chi connectivity index (χ2n) is 6.07. The van der Waals surface area contributed by atoms with Crippen LogP contribution in [0, 0.1) is 13.8 Å². The van der Waals surface area contributed by atoms with Crippen LogP contribution in [0.4, 0.5) is 19.0 Å². The number of rotatable bonds is 2. The molecule has 1 amide bonds. The lowest BCUT2D eigenvalue weighted by Crippen LogP contribution is -2.50. The zero-order valence-electron chi connectivity index (χ0n) is 14.0. The zero-order valence-corrected chi connectivity index (χ0v) is 14.0. The fourth-order valence-corrected chi connectivity index (χ4v) is 2.95.